The van der Waals surface area contributed by atoms with Crippen molar-refractivity contribution in [3.05, 3.63) is 144 Å². The van der Waals surface area contributed by atoms with Gasteiger partial charge in [0.25, 0.3) is 0 Å². The van der Waals surface area contributed by atoms with Gasteiger partial charge in [-0.15, -0.1) is 11.8 Å². The SMILES string of the molecule is C[CH-]C(C)(C)OC(=O)NC(Cc1ccc(OC(=O)NCCCC(=O)NC(CSC(c2ccccc2)(c2ccccc2)c2ccccc2)C(N)=O)cc1)C(=O)O. The minimum atomic E-state index is -1.24. The van der Waals surface area contributed by atoms with Crippen LogP contribution in [0.5, 0.6) is 5.75 Å². The highest BCUT2D eigenvalue weighted by molar-refractivity contribution is 8.00. The summed E-state index contributed by atoms with van der Waals surface area (Å²) >= 11 is 1.51. The van der Waals surface area contributed by atoms with E-state index in [1.54, 1.807) is 39.3 Å². The largest absolute Gasteiger partial charge is 0.480 e. The van der Waals surface area contributed by atoms with Gasteiger partial charge in [-0.05, 0) is 46.4 Å². The van der Waals surface area contributed by atoms with Crippen LogP contribution in [0.15, 0.2) is 115 Å². The zero-order valence-corrected chi connectivity index (χ0v) is 31.8. The monoisotopic (exact) mass is 767 g/mol. The number of carbonyl (C=O) groups excluding carboxylic acids is 4. The Morgan fingerprint density at radius 3 is 1.76 bits per heavy atom. The van der Waals surface area contributed by atoms with Crippen molar-refractivity contribution >= 4 is 41.7 Å². The first kappa shape index (κ1) is 41.9. The summed E-state index contributed by atoms with van der Waals surface area (Å²) in [4.78, 5) is 62.0. The van der Waals surface area contributed by atoms with E-state index in [1.165, 1.54) is 23.9 Å². The molecule has 4 rings (SSSR count). The van der Waals surface area contributed by atoms with Crippen molar-refractivity contribution in [2.24, 2.45) is 5.73 Å². The Bertz CT molecular complexity index is 1780. The third kappa shape index (κ3) is 12.4. The Morgan fingerprint density at radius 2 is 1.29 bits per heavy atom. The normalized spacial score (nSPS) is 12.4. The first-order valence-electron chi connectivity index (χ1n) is 17.8. The third-order valence-corrected chi connectivity index (χ3v) is 10.4. The van der Waals surface area contributed by atoms with Crippen molar-refractivity contribution < 1.29 is 38.6 Å². The summed E-state index contributed by atoms with van der Waals surface area (Å²) in [6.45, 7) is 5.19. The summed E-state index contributed by atoms with van der Waals surface area (Å²) in [5, 5.41) is 17.3. The predicted molar refractivity (Wildman–Crippen MR) is 211 cm³/mol. The van der Waals surface area contributed by atoms with Gasteiger partial charge in [-0.2, -0.15) is 6.92 Å². The Balaban J connectivity index is 1.28. The molecule has 0 aliphatic carbocycles. The highest BCUT2D eigenvalue weighted by atomic mass is 32.2. The summed E-state index contributed by atoms with van der Waals surface area (Å²) in [5.74, 6) is -1.89. The molecule has 2 unspecified atom stereocenters. The number of carboxylic acid groups (broad SMARTS) is 1. The second-order valence-electron chi connectivity index (χ2n) is 13.2. The average molecular weight is 768 g/mol. The van der Waals surface area contributed by atoms with Crippen molar-refractivity contribution in [2.45, 2.75) is 62.5 Å². The maximum Gasteiger partial charge on any atom is 0.412 e. The van der Waals surface area contributed by atoms with Gasteiger partial charge >= 0.3 is 18.2 Å². The molecule has 12 nitrogen and oxygen atoms in total. The highest BCUT2D eigenvalue weighted by Gasteiger charge is 2.38. The number of aliphatic carboxylic acids is 1. The van der Waals surface area contributed by atoms with E-state index in [0.717, 1.165) is 16.7 Å². The molecule has 55 heavy (non-hydrogen) atoms. The van der Waals surface area contributed by atoms with Gasteiger partial charge in [0.2, 0.25) is 11.8 Å². The lowest BCUT2D eigenvalue weighted by molar-refractivity contribution is -0.139. The second-order valence-corrected chi connectivity index (χ2v) is 14.4. The van der Waals surface area contributed by atoms with E-state index in [0.29, 0.717) is 5.56 Å². The van der Waals surface area contributed by atoms with Gasteiger partial charge in [-0.25, -0.2) is 14.4 Å². The Hall–Kier alpha value is -5.82. The number of alkyl carbamates (subject to hydrolysis) is 1. The Labute approximate surface area is 325 Å². The topological polar surface area (TPSA) is 186 Å². The second kappa shape index (κ2) is 20.0. The highest BCUT2D eigenvalue weighted by Crippen LogP contribution is 2.48. The van der Waals surface area contributed by atoms with E-state index in [2.05, 4.69) is 16.0 Å². The van der Waals surface area contributed by atoms with E-state index in [9.17, 15) is 29.1 Å². The number of nitrogens with one attached hydrogen (secondary N) is 3. The number of ether oxygens (including phenoxy) is 2. The zero-order chi connectivity index (χ0) is 39.8. The minimum Gasteiger partial charge on any atom is -0.480 e. The Kier molecular flexibility index (Phi) is 15.3. The van der Waals surface area contributed by atoms with Crippen molar-refractivity contribution in [2.75, 3.05) is 12.3 Å². The summed E-state index contributed by atoms with van der Waals surface area (Å²) in [6.07, 6.45) is 0.320. The smallest absolute Gasteiger partial charge is 0.412 e. The molecule has 0 bridgehead atoms. The van der Waals surface area contributed by atoms with E-state index in [4.69, 9.17) is 15.2 Å². The fourth-order valence-electron chi connectivity index (χ4n) is 5.62. The van der Waals surface area contributed by atoms with Crippen LogP contribution in [0.4, 0.5) is 9.59 Å². The van der Waals surface area contributed by atoms with Crippen LogP contribution in [0.3, 0.4) is 0 Å². The van der Waals surface area contributed by atoms with Gasteiger partial charge < -0.3 is 36.3 Å². The van der Waals surface area contributed by atoms with E-state index >= 15 is 0 Å². The lowest BCUT2D eigenvalue weighted by Crippen LogP contribution is -2.47. The van der Waals surface area contributed by atoms with Crippen LogP contribution in [0.25, 0.3) is 0 Å². The number of benzene rings is 4. The zero-order valence-electron chi connectivity index (χ0n) is 31.0. The molecule has 4 aromatic rings. The third-order valence-electron chi connectivity index (χ3n) is 8.75. The standard InChI is InChI=1S/C42H47N4O8S/c1-4-41(2,3)54-40(52)46-34(38(49)50)27-29-22-24-33(25-23-29)53-39(51)44-26-14-21-36(47)45-35(37(43)48)28-55-42(30-15-8-5-9-16-30,31-17-10-6-11-18-31)32-19-12-7-13-20-32/h4-13,15-20,22-25,34-35H,14,21,26-28H2,1-3H3,(H2,43,48)(H,44,51)(H,45,47)(H,46,52)(H,49,50)/q-1. The van der Waals surface area contributed by atoms with Crippen molar-refractivity contribution in [1.82, 2.24) is 16.0 Å². The van der Waals surface area contributed by atoms with Crippen LogP contribution in [0, 0.1) is 6.42 Å². The molecule has 290 valence electrons. The van der Waals surface area contributed by atoms with Gasteiger partial charge in [-0.1, -0.05) is 117 Å². The molecule has 0 radical (unpaired) electrons. The summed E-state index contributed by atoms with van der Waals surface area (Å²) in [5.41, 5.74) is 8.54. The molecule has 0 saturated carbocycles. The predicted octanol–water partition coefficient (Wildman–Crippen LogP) is 5.98. The van der Waals surface area contributed by atoms with E-state index < -0.39 is 52.4 Å². The van der Waals surface area contributed by atoms with Crippen LogP contribution in [0.2, 0.25) is 0 Å². The van der Waals surface area contributed by atoms with Gasteiger partial charge in [0, 0.05) is 25.1 Å². The van der Waals surface area contributed by atoms with Crippen molar-refractivity contribution in [1.29, 1.82) is 0 Å². The summed E-state index contributed by atoms with van der Waals surface area (Å²) in [7, 11) is 0. The minimum absolute atomic E-state index is 0.0190. The van der Waals surface area contributed by atoms with Gasteiger partial charge in [0.15, 0.2) is 0 Å². The fourth-order valence-corrected chi connectivity index (χ4v) is 7.19. The number of carbonyl (C=O) groups is 5. The number of hydrogen-bond donors (Lipinski definition) is 5. The molecule has 6 N–H and O–H groups in total. The van der Waals surface area contributed by atoms with Crippen LogP contribution >= 0.6 is 11.8 Å². The molecule has 4 aromatic carbocycles. The van der Waals surface area contributed by atoms with Gasteiger partial charge in [0.05, 0.1) is 4.75 Å². The van der Waals surface area contributed by atoms with Crippen LogP contribution in [0.1, 0.15) is 55.9 Å². The molecule has 0 aliphatic rings. The summed E-state index contributed by atoms with van der Waals surface area (Å²) in [6, 6.07) is 33.9. The molecule has 0 spiro atoms. The molecule has 2 atom stereocenters. The van der Waals surface area contributed by atoms with Gasteiger partial charge in [-0.3, -0.25) is 16.0 Å². The lowest BCUT2D eigenvalue weighted by Gasteiger charge is -2.36. The van der Waals surface area contributed by atoms with Crippen LogP contribution in [-0.2, 0) is 30.3 Å². The number of rotatable bonds is 19. The lowest BCUT2D eigenvalue weighted by atomic mass is 9.84. The maximum absolute atomic E-state index is 13.0. The van der Waals surface area contributed by atoms with Gasteiger partial charge in [0.1, 0.15) is 17.8 Å². The van der Waals surface area contributed by atoms with Crippen molar-refractivity contribution in [3.63, 3.8) is 0 Å². The van der Waals surface area contributed by atoms with Crippen LogP contribution in [-0.4, -0.2) is 65.1 Å². The first-order valence-corrected chi connectivity index (χ1v) is 18.8. The number of primary amides is 1. The summed E-state index contributed by atoms with van der Waals surface area (Å²) < 4.78 is 9.84. The molecular weight excluding hydrogens is 721 g/mol. The number of thioether (sulfide) groups is 1. The number of hydrogen-bond acceptors (Lipinski definition) is 8. The van der Waals surface area contributed by atoms with Crippen molar-refractivity contribution in [3.8, 4) is 5.75 Å². The van der Waals surface area contributed by atoms with E-state index in [1.807, 2.05) is 91.0 Å². The molecule has 0 aromatic heterocycles. The molecule has 0 fully saturated rings. The number of amides is 4. The number of carboxylic acids is 1. The van der Waals surface area contributed by atoms with Crippen LogP contribution < -0.4 is 26.4 Å². The maximum atomic E-state index is 13.0. The molecule has 0 aliphatic heterocycles. The first-order chi connectivity index (χ1) is 26.3. The molecule has 13 heteroatoms. The Morgan fingerprint density at radius 1 is 0.764 bits per heavy atom. The molecule has 4 amide bonds. The quantitative estimate of drug-likeness (QED) is 0.0435. The molecule has 0 saturated heterocycles. The fraction of sp³-hybridized carbons (Fsp3) is 0.286. The number of nitrogens with two attached hydrogens (primary N) is 1. The average Bonchev–Trinajstić information content (AvgIpc) is 3.17. The van der Waals surface area contributed by atoms with E-state index in [-0.39, 0.29) is 37.3 Å². The molecule has 0 heterocycles. The molecular formula is C42H47N4O8S-.